The number of halogens is 2. The second-order valence-corrected chi connectivity index (χ2v) is 10.2. The lowest BCUT2D eigenvalue weighted by molar-refractivity contribution is -0.122. The van der Waals surface area contributed by atoms with Crippen molar-refractivity contribution in [3.63, 3.8) is 0 Å². The molecule has 35 heavy (non-hydrogen) atoms. The van der Waals surface area contributed by atoms with Crippen LogP contribution in [0.4, 0.5) is 4.79 Å². The summed E-state index contributed by atoms with van der Waals surface area (Å²) >= 11 is 8.90. The summed E-state index contributed by atoms with van der Waals surface area (Å²) in [7, 11) is 1.53. The molecule has 0 bridgehead atoms. The molecule has 1 fully saturated rings. The van der Waals surface area contributed by atoms with Gasteiger partial charge in [0.05, 0.1) is 18.6 Å². The van der Waals surface area contributed by atoms with Gasteiger partial charge in [0.2, 0.25) is 0 Å². The predicted molar refractivity (Wildman–Crippen MR) is 145 cm³/mol. The standard InChI is InChI=1S/C26H19ClINO5S/c1-33-23-12-17(4-11-22(23)34-15-16-2-9-20(28)10-3-16)13-24-25(31)29(26(32)35-24)14-21(30)18-5-7-19(27)8-6-18/h2-13H,14-15H2,1H3/b24-13-. The fourth-order valence-electron chi connectivity index (χ4n) is 3.29. The number of benzene rings is 3. The van der Waals surface area contributed by atoms with Crippen molar-refractivity contribution in [3.05, 3.63) is 96.9 Å². The van der Waals surface area contributed by atoms with E-state index in [0.29, 0.717) is 34.3 Å². The zero-order valence-corrected chi connectivity index (χ0v) is 22.2. The molecule has 9 heteroatoms. The van der Waals surface area contributed by atoms with Gasteiger partial charge in [-0.2, -0.15) is 0 Å². The monoisotopic (exact) mass is 619 g/mol. The van der Waals surface area contributed by atoms with E-state index >= 15 is 0 Å². The molecule has 0 radical (unpaired) electrons. The number of carbonyl (C=O) groups is 3. The summed E-state index contributed by atoms with van der Waals surface area (Å²) < 4.78 is 12.5. The summed E-state index contributed by atoms with van der Waals surface area (Å²) in [6.07, 6.45) is 1.60. The summed E-state index contributed by atoms with van der Waals surface area (Å²) in [6.45, 7) is 0.0471. The number of rotatable bonds is 8. The van der Waals surface area contributed by atoms with Crippen molar-refractivity contribution in [1.82, 2.24) is 4.90 Å². The summed E-state index contributed by atoms with van der Waals surface area (Å²) in [6, 6.07) is 19.6. The van der Waals surface area contributed by atoms with E-state index in [4.69, 9.17) is 21.1 Å². The molecule has 178 valence electrons. The Kier molecular flexibility index (Phi) is 8.15. The molecular weight excluding hydrogens is 601 g/mol. The van der Waals surface area contributed by atoms with Gasteiger partial charge < -0.3 is 9.47 Å². The van der Waals surface area contributed by atoms with Crippen LogP contribution in [0.25, 0.3) is 6.08 Å². The van der Waals surface area contributed by atoms with Gasteiger partial charge in [0.1, 0.15) is 6.61 Å². The molecule has 1 aliphatic rings. The lowest BCUT2D eigenvalue weighted by atomic mass is 10.1. The first-order valence-electron chi connectivity index (χ1n) is 10.4. The first-order valence-corrected chi connectivity index (χ1v) is 12.7. The maximum Gasteiger partial charge on any atom is 0.293 e. The van der Waals surface area contributed by atoms with Crippen LogP contribution >= 0.6 is 46.0 Å². The predicted octanol–water partition coefficient (Wildman–Crippen LogP) is 6.45. The Morgan fingerprint density at radius 2 is 1.74 bits per heavy atom. The number of ketones is 1. The van der Waals surface area contributed by atoms with Crippen molar-refractivity contribution in [2.24, 2.45) is 0 Å². The number of hydrogen-bond donors (Lipinski definition) is 0. The Balaban J connectivity index is 1.46. The van der Waals surface area contributed by atoms with E-state index in [1.54, 1.807) is 48.5 Å². The molecule has 0 spiro atoms. The zero-order valence-electron chi connectivity index (χ0n) is 18.5. The van der Waals surface area contributed by atoms with Crippen molar-refractivity contribution < 1.29 is 23.9 Å². The molecule has 3 aromatic rings. The van der Waals surface area contributed by atoms with E-state index in [1.165, 1.54) is 7.11 Å². The first kappa shape index (κ1) is 25.3. The number of methoxy groups -OCH3 is 1. The van der Waals surface area contributed by atoms with Crippen LogP contribution in [0.15, 0.2) is 71.6 Å². The van der Waals surface area contributed by atoms with Crippen LogP contribution in [0.5, 0.6) is 11.5 Å². The number of imide groups is 1. The van der Waals surface area contributed by atoms with Crippen LogP contribution in [0.1, 0.15) is 21.5 Å². The molecular formula is C26H19ClINO5S. The van der Waals surface area contributed by atoms with E-state index in [2.05, 4.69) is 22.6 Å². The van der Waals surface area contributed by atoms with E-state index in [9.17, 15) is 14.4 Å². The molecule has 0 atom stereocenters. The molecule has 6 nitrogen and oxygen atoms in total. The van der Waals surface area contributed by atoms with Crippen LogP contribution < -0.4 is 9.47 Å². The average molecular weight is 620 g/mol. The molecule has 0 aromatic heterocycles. The Bertz CT molecular complexity index is 1310. The highest BCUT2D eigenvalue weighted by Gasteiger charge is 2.36. The quantitative estimate of drug-likeness (QED) is 0.164. The molecule has 3 aromatic carbocycles. The topological polar surface area (TPSA) is 72.9 Å². The maximum absolute atomic E-state index is 12.8. The zero-order chi connectivity index (χ0) is 24.9. The summed E-state index contributed by atoms with van der Waals surface area (Å²) in [5, 5.41) is 0.00496. The Morgan fingerprint density at radius 3 is 2.43 bits per heavy atom. The highest BCUT2D eigenvalue weighted by atomic mass is 127. The van der Waals surface area contributed by atoms with Gasteiger partial charge in [0.15, 0.2) is 17.3 Å². The fraction of sp³-hybridized carbons (Fsp3) is 0.115. The number of hydrogen-bond acceptors (Lipinski definition) is 6. The van der Waals surface area contributed by atoms with Gasteiger partial charge >= 0.3 is 0 Å². The number of thioether (sulfide) groups is 1. The van der Waals surface area contributed by atoms with Crippen LogP contribution in [-0.4, -0.2) is 35.5 Å². The van der Waals surface area contributed by atoms with Crippen molar-refractivity contribution in [2.75, 3.05) is 13.7 Å². The van der Waals surface area contributed by atoms with Crippen LogP contribution in [0.2, 0.25) is 5.02 Å². The molecule has 1 heterocycles. The van der Waals surface area contributed by atoms with Crippen LogP contribution in [0, 0.1) is 3.57 Å². The van der Waals surface area contributed by atoms with Crippen LogP contribution in [0.3, 0.4) is 0 Å². The van der Waals surface area contributed by atoms with Crippen molar-refractivity contribution in [1.29, 1.82) is 0 Å². The third kappa shape index (κ3) is 6.25. The first-order chi connectivity index (χ1) is 16.8. The Hall–Kier alpha value is -2.82. The lowest BCUT2D eigenvalue weighted by Gasteiger charge is -2.12. The highest BCUT2D eigenvalue weighted by Crippen LogP contribution is 2.35. The molecule has 0 unspecified atom stereocenters. The molecule has 0 aliphatic carbocycles. The lowest BCUT2D eigenvalue weighted by Crippen LogP contribution is -2.33. The molecule has 1 saturated heterocycles. The smallest absolute Gasteiger partial charge is 0.293 e. The Morgan fingerprint density at radius 1 is 1.03 bits per heavy atom. The van der Waals surface area contributed by atoms with Gasteiger partial charge in [0, 0.05) is 14.2 Å². The second-order valence-electron chi connectivity index (χ2n) is 7.52. The summed E-state index contributed by atoms with van der Waals surface area (Å²) in [4.78, 5) is 39.0. The minimum absolute atomic E-state index is 0.230. The van der Waals surface area contributed by atoms with Gasteiger partial charge in [-0.05, 0) is 100 Å². The van der Waals surface area contributed by atoms with E-state index in [0.717, 1.165) is 25.8 Å². The van der Waals surface area contributed by atoms with Crippen LogP contribution in [-0.2, 0) is 11.4 Å². The minimum Gasteiger partial charge on any atom is -0.493 e. The van der Waals surface area contributed by atoms with Gasteiger partial charge in [-0.15, -0.1) is 0 Å². The van der Waals surface area contributed by atoms with Gasteiger partial charge in [-0.25, -0.2) is 0 Å². The molecule has 2 amide bonds. The van der Waals surface area contributed by atoms with Gasteiger partial charge in [-0.3, -0.25) is 19.3 Å². The normalized spacial score (nSPS) is 14.5. The fourth-order valence-corrected chi connectivity index (χ4v) is 4.62. The van der Waals surface area contributed by atoms with E-state index < -0.39 is 11.1 Å². The number of ether oxygens (including phenoxy) is 2. The van der Waals surface area contributed by atoms with E-state index in [-0.39, 0.29) is 17.2 Å². The van der Waals surface area contributed by atoms with Crippen molar-refractivity contribution >= 4 is 69.0 Å². The molecule has 0 N–H and O–H groups in total. The molecule has 4 rings (SSSR count). The number of Topliss-reactive ketones (excluding diaryl/α,β-unsaturated/α-hetero) is 1. The number of carbonyl (C=O) groups excluding carboxylic acids is 3. The van der Waals surface area contributed by atoms with Crippen molar-refractivity contribution in [3.8, 4) is 11.5 Å². The van der Waals surface area contributed by atoms with Crippen molar-refractivity contribution in [2.45, 2.75) is 6.61 Å². The molecule has 0 saturated carbocycles. The summed E-state index contributed by atoms with van der Waals surface area (Å²) in [5.41, 5.74) is 2.07. The number of nitrogens with zero attached hydrogens (tertiary/aromatic N) is 1. The average Bonchev–Trinajstić information content (AvgIpc) is 3.11. The summed E-state index contributed by atoms with van der Waals surface area (Å²) in [5.74, 6) is 0.202. The van der Waals surface area contributed by atoms with Gasteiger partial charge in [-0.1, -0.05) is 29.8 Å². The maximum atomic E-state index is 12.8. The minimum atomic E-state index is -0.514. The second kappa shape index (κ2) is 11.3. The molecule has 1 aliphatic heterocycles. The SMILES string of the molecule is COc1cc(/C=C2\SC(=O)N(CC(=O)c3ccc(Cl)cc3)C2=O)ccc1OCc1ccc(I)cc1. The van der Waals surface area contributed by atoms with E-state index in [1.807, 2.05) is 24.3 Å². The third-order valence-electron chi connectivity index (χ3n) is 5.13. The highest BCUT2D eigenvalue weighted by molar-refractivity contribution is 14.1. The third-order valence-corrected chi connectivity index (χ3v) is 7.01. The van der Waals surface area contributed by atoms with Gasteiger partial charge in [0.25, 0.3) is 11.1 Å². The Labute approximate surface area is 225 Å². The number of amides is 2. The largest absolute Gasteiger partial charge is 0.493 e.